The molecule has 4 nitrogen and oxygen atoms in total. The summed E-state index contributed by atoms with van der Waals surface area (Å²) in [6.07, 6.45) is 2.54. The number of rotatable bonds is 5. The summed E-state index contributed by atoms with van der Waals surface area (Å²) < 4.78 is 19.0. The molecule has 1 N–H and O–H groups in total. The van der Waals surface area contributed by atoms with Gasteiger partial charge in [-0.05, 0) is 36.4 Å². The van der Waals surface area contributed by atoms with Crippen LogP contribution in [-0.4, -0.2) is 11.1 Å². The molecule has 2 rings (SSSR count). The summed E-state index contributed by atoms with van der Waals surface area (Å²) in [5.74, 6) is -1.53. The number of halogens is 1. The molecule has 0 atom stereocenters. The van der Waals surface area contributed by atoms with E-state index < -0.39 is 11.8 Å². The zero-order valence-electron chi connectivity index (χ0n) is 10.7. The van der Waals surface area contributed by atoms with E-state index in [2.05, 4.69) is 0 Å². The monoisotopic (exact) mass is 303 g/mol. The fraction of sp³-hybridized carbons (Fsp3) is 0.0667. The van der Waals surface area contributed by atoms with Crippen molar-refractivity contribution in [3.8, 4) is 11.8 Å². The summed E-state index contributed by atoms with van der Waals surface area (Å²) in [5.41, 5.74) is 0.233. The lowest BCUT2D eigenvalue weighted by molar-refractivity contribution is -0.131. The van der Waals surface area contributed by atoms with Crippen molar-refractivity contribution in [1.29, 1.82) is 5.26 Å². The average Bonchev–Trinajstić information content (AvgIpc) is 2.91. The summed E-state index contributed by atoms with van der Waals surface area (Å²) >= 11 is 1.36. The predicted molar refractivity (Wildman–Crippen MR) is 76.4 cm³/mol. The van der Waals surface area contributed by atoms with Gasteiger partial charge in [-0.1, -0.05) is 0 Å². The molecule has 0 aliphatic heterocycles. The molecule has 6 heteroatoms. The Bertz CT molecular complexity index is 731. The molecular formula is C15H10FNO3S. The number of thiophene rings is 1. The Morgan fingerprint density at radius 1 is 1.43 bits per heavy atom. The fourth-order valence-corrected chi connectivity index (χ4v) is 2.38. The Balaban J connectivity index is 2.00. The predicted octanol–water partition coefficient (Wildman–Crippen LogP) is 3.44. The SMILES string of the molecule is N#Cc1ccc(OCc2ccc(/C=C/C(=O)O)s2)c(F)c1. The highest BCUT2D eigenvalue weighted by Crippen LogP contribution is 2.22. The Kier molecular flexibility index (Phi) is 4.69. The molecule has 0 aliphatic carbocycles. The van der Waals surface area contributed by atoms with Crippen molar-refractivity contribution in [2.45, 2.75) is 6.61 Å². The van der Waals surface area contributed by atoms with Crippen molar-refractivity contribution in [3.05, 3.63) is 57.5 Å². The maximum atomic E-state index is 13.6. The van der Waals surface area contributed by atoms with Gasteiger partial charge in [0.25, 0.3) is 0 Å². The molecule has 0 saturated heterocycles. The lowest BCUT2D eigenvalue weighted by Gasteiger charge is -2.05. The van der Waals surface area contributed by atoms with Gasteiger partial charge >= 0.3 is 5.97 Å². The van der Waals surface area contributed by atoms with Crippen LogP contribution in [0.25, 0.3) is 6.08 Å². The number of carboxylic acids is 1. The van der Waals surface area contributed by atoms with Gasteiger partial charge in [-0.2, -0.15) is 5.26 Å². The summed E-state index contributed by atoms with van der Waals surface area (Å²) in [7, 11) is 0. The van der Waals surface area contributed by atoms with Gasteiger partial charge in [0.05, 0.1) is 11.6 Å². The van der Waals surface area contributed by atoms with Crippen LogP contribution < -0.4 is 4.74 Å². The molecule has 1 aromatic heterocycles. The quantitative estimate of drug-likeness (QED) is 0.859. The summed E-state index contributed by atoms with van der Waals surface area (Å²) in [4.78, 5) is 12.0. The maximum absolute atomic E-state index is 13.6. The third-order valence-electron chi connectivity index (χ3n) is 2.50. The van der Waals surface area contributed by atoms with Gasteiger partial charge in [-0.15, -0.1) is 11.3 Å². The zero-order valence-corrected chi connectivity index (χ0v) is 11.6. The third-order valence-corrected chi connectivity index (χ3v) is 3.53. The van der Waals surface area contributed by atoms with Crippen molar-refractivity contribution in [2.24, 2.45) is 0 Å². The third kappa shape index (κ3) is 4.16. The largest absolute Gasteiger partial charge is 0.485 e. The molecule has 0 radical (unpaired) electrons. The molecule has 2 aromatic rings. The lowest BCUT2D eigenvalue weighted by atomic mass is 10.2. The number of hydrogen-bond acceptors (Lipinski definition) is 4. The molecule has 0 aliphatic rings. The number of ether oxygens (including phenoxy) is 1. The summed E-state index contributed by atoms with van der Waals surface area (Å²) in [5, 5.41) is 17.2. The van der Waals surface area contributed by atoms with E-state index in [0.29, 0.717) is 0 Å². The van der Waals surface area contributed by atoms with Gasteiger partial charge in [0.2, 0.25) is 0 Å². The van der Waals surface area contributed by atoms with E-state index in [-0.39, 0.29) is 17.9 Å². The van der Waals surface area contributed by atoms with Crippen LogP contribution in [0.2, 0.25) is 0 Å². The van der Waals surface area contributed by atoms with Gasteiger partial charge in [0.1, 0.15) is 6.61 Å². The number of carboxylic acid groups (broad SMARTS) is 1. The second-order valence-corrected chi connectivity index (χ2v) is 5.22. The number of benzene rings is 1. The van der Waals surface area contributed by atoms with E-state index in [1.807, 2.05) is 6.07 Å². The second kappa shape index (κ2) is 6.68. The summed E-state index contributed by atoms with van der Waals surface area (Å²) in [6.45, 7) is 0.175. The van der Waals surface area contributed by atoms with E-state index in [1.165, 1.54) is 29.5 Å². The van der Waals surface area contributed by atoms with Crippen LogP contribution in [0.15, 0.2) is 36.4 Å². The minimum absolute atomic E-state index is 0.0741. The Morgan fingerprint density at radius 2 is 2.24 bits per heavy atom. The van der Waals surface area contributed by atoms with Crippen molar-refractivity contribution in [3.63, 3.8) is 0 Å². The highest BCUT2D eigenvalue weighted by Gasteiger charge is 2.06. The standard InChI is InChI=1S/C15H10FNO3S/c16-13-7-10(8-17)1-5-14(13)20-9-12-3-2-11(21-12)4-6-15(18)19/h1-7H,9H2,(H,18,19)/b6-4+. The van der Waals surface area contributed by atoms with Crippen molar-refractivity contribution in [2.75, 3.05) is 0 Å². The van der Waals surface area contributed by atoms with Crippen molar-refractivity contribution < 1.29 is 19.0 Å². The van der Waals surface area contributed by atoms with Crippen molar-refractivity contribution in [1.82, 2.24) is 0 Å². The number of aliphatic carboxylic acids is 1. The van der Waals surface area contributed by atoms with Crippen LogP contribution in [-0.2, 0) is 11.4 Å². The van der Waals surface area contributed by atoms with Gasteiger partial charge in [-0.3, -0.25) is 0 Å². The van der Waals surface area contributed by atoms with Crippen molar-refractivity contribution >= 4 is 23.4 Å². The van der Waals surface area contributed by atoms with Gasteiger partial charge in [0, 0.05) is 15.8 Å². The van der Waals surface area contributed by atoms with E-state index in [4.69, 9.17) is 15.1 Å². The van der Waals surface area contributed by atoms with Gasteiger partial charge in [-0.25, -0.2) is 9.18 Å². The number of carbonyl (C=O) groups is 1. The van der Waals surface area contributed by atoms with E-state index in [9.17, 15) is 9.18 Å². The molecule has 106 valence electrons. The Hall–Kier alpha value is -2.65. The summed E-state index contributed by atoms with van der Waals surface area (Å²) in [6, 6.07) is 9.40. The maximum Gasteiger partial charge on any atom is 0.328 e. The highest BCUT2D eigenvalue weighted by molar-refractivity contribution is 7.12. The molecular weight excluding hydrogens is 293 g/mol. The average molecular weight is 303 g/mol. The first kappa shape index (κ1) is 14.8. The Labute approximate surface area is 124 Å². The van der Waals surface area contributed by atoms with Crippen LogP contribution in [0.5, 0.6) is 5.75 Å². The fourth-order valence-electron chi connectivity index (χ4n) is 1.55. The Morgan fingerprint density at radius 3 is 2.90 bits per heavy atom. The smallest absolute Gasteiger partial charge is 0.328 e. The minimum atomic E-state index is -1.01. The first-order chi connectivity index (χ1) is 10.1. The molecule has 0 unspecified atom stereocenters. The number of hydrogen-bond donors (Lipinski definition) is 1. The second-order valence-electron chi connectivity index (χ2n) is 4.02. The molecule has 21 heavy (non-hydrogen) atoms. The molecule has 0 fully saturated rings. The normalized spacial score (nSPS) is 10.5. The molecule has 0 saturated carbocycles. The topological polar surface area (TPSA) is 70.3 Å². The van der Waals surface area contributed by atoms with Crippen LogP contribution in [0.1, 0.15) is 15.3 Å². The first-order valence-corrected chi connectivity index (χ1v) is 6.72. The zero-order chi connectivity index (χ0) is 15.2. The van der Waals surface area contributed by atoms with E-state index in [0.717, 1.165) is 21.9 Å². The minimum Gasteiger partial charge on any atom is -0.485 e. The number of nitrogens with zero attached hydrogens (tertiary/aromatic N) is 1. The van der Waals surface area contributed by atoms with Crippen LogP contribution in [0.3, 0.4) is 0 Å². The lowest BCUT2D eigenvalue weighted by Crippen LogP contribution is -1.95. The van der Waals surface area contributed by atoms with Crippen LogP contribution >= 0.6 is 11.3 Å². The van der Waals surface area contributed by atoms with Crippen LogP contribution in [0, 0.1) is 17.1 Å². The molecule has 1 heterocycles. The van der Waals surface area contributed by atoms with Gasteiger partial charge < -0.3 is 9.84 Å². The first-order valence-electron chi connectivity index (χ1n) is 5.90. The molecule has 0 bridgehead atoms. The molecule has 0 spiro atoms. The van der Waals surface area contributed by atoms with E-state index in [1.54, 1.807) is 12.1 Å². The molecule has 1 aromatic carbocycles. The van der Waals surface area contributed by atoms with Crippen LogP contribution in [0.4, 0.5) is 4.39 Å². The van der Waals surface area contributed by atoms with E-state index >= 15 is 0 Å². The highest BCUT2D eigenvalue weighted by atomic mass is 32.1. The molecule has 0 amide bonds. The van der Waals surface area contributed by atoms with Gasteiger partial charge in [0.15, 0.2) is 11.6 Å². The number of nitriles is 1.